The molecule has 0 aliphatic heterocycles. The lowest BCUT2D eigenvalue weighted by Crippen LogP contribution is -2.24. The molecule has 0 saturated carbocycles. The molecule has 112 valence electrons. The Balaban J connectivity index is 2.37. The Kier molecular flexibility index (Phi) is 4.70. The van der Waals surface area contributed by atoms with E-state index in [9.17, 15) is 9.18 Å². The smallest absolute Gasteiger partial charge is 0.251 e. The largest absolute Gasteiger partial charge is 0.494 e. The van der Waals surface area contributed by atoms with Gasteiger partial charge in [0.15, 0.2) is 11.6 Å². The van der Waals surface area contributed by atoms with Crippen LogP contribution in [-0.4, -0.2) is 23.1 Å². The predicted octanol–water partition coefficient (Wildman–Crippen LogP) is 2.08. The highest BCUT2D eigenvalue weighted by molar-refractivity contribution is 5.57. The standard InChI is InChI=1S/C15H18FN3O2/c1-9(2)17-8-11-7-14(20)19-15(18-11)10-4-5-12(16)13(6-10)21-3/h4-7,9,17H,8H2,1-3H3,(H,18,19,20). The topological polar surface area (TPSA) is 67.0 Å². The van der Waals surface area contributed by atoms with E-state index in [2.05, 4.69) is 15.3 Å². The molecule has 21 heavy (non-hydrogen) atoms. The van der Waals surface area contributed by atoms with Crippen molar-refractivity contribution in [2.24, 2.45) is 0 Å². The van der Waals surface area contributed by atoms with Gasteiger partial charge in [-0.25, -0.2) is 9.37 Å². The number of rotatable bonds is 5. The molecule has 0 unspecified atom stereocenters. The molecule has 2 N–H and O–H groups in total. The van der Waals surface area contributed by atoms with Crippen LogP contribution >= 0.6 is 0 Å². The summed E-state index contributed by atoms with van der Waals surface area (Å²) in [6.07, 6.45) is 0. The van der Waals surface area contributed by atoms with Crippen LogP contribution in [0.5, 0.6) is 5.75 Å². The molecule has 2 rings (SSSR count). The third kappa shape index (κ3) is 3.88. The quantitative estimate of drug-likeness (QED) is 0.885. The minimum absolute atomic E-state index is 0.112. The molecular weight excluding hydrogens is 273 g/mol. The molecule has 0 bridgehead atoms. The number of aromatic amines is 1. The zero-order valence-electron chi connectivity index (χ0n) is 12.2. The molecule has 0 atom stereocenters. The number of benzene rings is 1. The van der Waals surface area contributed by atoms with Crippen LogP contribution in [0.3, 0.4) is 0 Å². The highest BCUT2D eigenvalue weighted by atomic mass is 19.1. The second kappa shape index (κ2) is 6.49. The van der Waals surface area contributed by atoms with Gasteiger partial charge in [-0.15, -0.1) is 0 Å². The molecule has 6 heteroatoms. The number of nitrogens with zero attached hydrogens (tertiary/aromatic N) is 1. The van der Waals surface area contributed by atoms with Crippen molar-refractivity contribution in [2.75, 3.05) is 7.11 Å². The van der Waals surface area contributed by atoms with E-state index in [1.165, 1.54) is 25.3 Å². The number of halogens is 1. The summed E-state index contributed by atoms with van der Waals surface area (Å²) < 4.78 is 18.4. The normalized spacial score (nSPS) is 10.9. The van der Waals surface area contributed by atoms with E-state index in [-0.39, 0.29) is 11.3 Å². The second-order valence-corrected chi connectivity index (χ2v) is 4.97. The van der Waals surface area contributed by atoms with Gasteiger partial charge in [0.25, 0.3) is 5.56 Å². The summed E-state index contributed by atoms with van der Waals surface area (Å²) in [5.41, 5.74) is 0.978. The lowest BCUT2D eigenvalue weighted by Gasteiger charge is -2.09. The molecule has 0 saturated heterocycles. The summed E-state index contributed by atoms with van der Waals surface area (Å²) in [5.74, 6) is 0.0449. The van der Waals surface area contributed by atoms with Gasteiger partial charge >= 0.3 is 0 Å². The van der Waals surface area contributed by atoms with Crippen molar-refractivity contribution in [1.82, 2.24) is 15.3 Å². The van der Waals surface area contributed by atoms with Crippen molar-refractivity contribution in [2.45, 2.75) is 26.4 Å². The average molecular weight is 291 g/mol. The number of methoxy groups -OCH3 is 1. The summed E-state index contributed by atoms with van der Waals surface area (Å²) in [5, 5.41) is 3.20. The minimum Gasteiger partial charge on any atom is -0.494 e. The molecule has 0 amide bonds. The Hall–Kier alpha value is -2.21. The maximum Gasteiger partial charge on any atom is 0.251 e. The molecule has 1 heterocycles. The SMILES string of the molecule is COc1cc(-c2nc(CNC(C)C)cc(=O)[nH]2)ccc1F. The van der Waals surface area contributed by atoms with E-state index >= 15 is 0 Å². The van der Waals surface area contributed by atoms with Gasteiger partial charge in [-0.05, 0) is 18.2 Å². The van der Waals surface area contributed by atoms with Gasteiger partial charge in [0.2, 0.25) is 0 Å². The van der Waals surface area contributed by atoms with Crippen molar-refractivity contribution < 1.29 is 9.13 Å². The first-order chi connectivity index (χ1) is 9.99. The fourth-order valence-electron chi connectivity index (χ4n) is 1.85. The maximum atomic E-state index is 13.4. The van der Waals surface area contributed by atoms with Gasteiger partial charge in [-0.1, -0.05) is 13.8 Å². The predicted molar refractivity (Wildman–Crippen MR) is 78.8 cm³/mol. The molecule has 0 spiro atoms. The number of H-pyrrole nitrogens is 1. The third-order valence-corrected chi connectivity index (χ3v) is 2.91. The van der Waals surface area contributed by atoms with Crippen molar-refractivity contribution in [3.8, 4) is 17.1 Å². The Morgan fingerprint density at radius 1 is 1.38 bits per heavy atom. The highest BCUT2D eigenvalue weighted by Crippen LogP contribution is 2.23. The number of hydrogen-bond acceptors (Lipinski definition) is 4. The Morgan fingerprint density at radius 3 is 2.81 bits per heavy atom. The highest BCUT2D eigenvalue weighted by Gasteiger charge is 2.09. The number of nitrogens with one attached hydrogen (secondary N) is 2. The molecular formula is C15H18FN3O2. The summed E-state index contributed by atoms with van der Waals surface area (Å²) >= 11 is 0. The first kappa shape index (κ1) is 15.2. The van der Waals surface area contributed by atoms with Crippen LogP contribution in [0.2, 0.25) is 0 Å². The summed E-state index contributed by atoms with van der Waals surface area (Å²) in [6, 6.07) is 6.08. The summed E-state index contributed by atoms with van der Waals surface area (Å²) in [6.45, 7) is 4.52. The minimum atomic E-state index is -0.457. The summed E-state index contributed by atoms with van der Waals surface area (Å²) in [7, 11) is 1.39. The maximum absolute atomic E-state index is 13.4. The van der Waals surface area contributed by atoms with Gasteiger partial charge in [0.05, 0.1) is 12.8 Å². The number of ether oxygens (including phenoxy) is 1. The van der Waals surface area contributed by atoms with Crippen molar-refractivity contribution in [3.63, 3.8) is 0 Å². The van der Waals surface area contributed by atoms with E-state index in [4.69, 9.17) is 4.74 Å². The van der Waals surface area contributed by atoms with E-state index in [0.717, 1.165) is 0 Å². The molecule has 1 aromatic carbocycles. The molecule has 0 aliphatic carbocycles. The van der Waals surface area contributed by atoms with Crippen molar-refractivity contribution >= 4 is 0 Å². The molecule has 0 fully saturated rings. The van der Waals surface area contributed by atoms with Gasteiger partial charge in [-0.2, -0.15) is 0 Å². The average Bonchev–Trinajstić information content (AvgIpc) is 2.45. The van der Waals surface area contributed by atoms with Gasteiger partial charge < -0.3 is 15.0 Å². The number of aromatic nitrogens is 2. The van der Waals surface area contributed by atoms with Crippen LogP contribution < -0.4 is 15.6 Å². The van der Waals surface area contributed by atoms with Gasteiger partial charge in [0, 0.05) is 24.2 Å². The number of hydrogen-bond donors (Lipinski definition) is 2. The van der Waals surface area contributed by atoms with Crippen LogP contribution in [0, 0.1) is 5.82 Å². The molecule has 0 radical (unpaired) electrons. The lowest BCUT2D eigenvalue weighted by molar-refractivity contribution is 0.386. The first-order valence-corrected chi connectivity index (χ1v) is 6.67. The van der Waals surface area contributed by atoms with Crippen LogP contribution in [-0.2, 0) is 6.54 Å². The Labute approximate surface area is 122 Å². The van der Waals surface area contributed by atoms with Gasteiger partial charge in [0.1, 0.15) is 5.82 Å². The summed E-state index contributed by atoms with van der Waals surface area (Å²) in [4.78, 5) is 18.8. The zero-order valence-corrected chi connectivity index (χ0v) is 12.2. The van der Waals surface area contributed by atoms with Crippen molar-refractivity contribution in [3.05, 3.63) is 46.1 Å². The Bertz CT molecular complexity index is 683. The van der Waals surface area contributed by atoms with Crippen LogP contribution in [0.15, 0.2) is 29.1 Å². The fourth-order valence-corrected chi connectivity index (χ4v) is 1.85. The van der Waals surface area contributed by atoms with Crippen LogP contribution in [0.1, 0.15) is 19.5 Å². The van der Waals surface area contributed by atoms with Crippen LogP contribution in [0.4, 0.5) is 4.39 Å². The van der Waals surface area contributed by atoms with E-state index in [0.29, 0.717) is 29.7 Å². The lowest BCUT2D eigenvalue weighted by atomic mass is 10.2. The molecule has 0 aliphatic rings. The van der Waals surface area contributed by atoms with E-state index in [1.54, 1.807) is 6.07 Å². The van der Waals surface area contributed by atoms with Gasteiger partial charge in [-0.3, -0.25) is 4.79 Å². The molecule has 2 aromatic rings. The second-order valence-electron chi connectivity index (χ2n) is 4.97. The van der Waals surface area contributed by atoms with Crippen molar-refractivity contribution in [1.29, 1.82) is 0 Å². The monoisotopic (exact) mass is 291 g/mol. The third-order valence-electron chi connectivity index (χ3n) is 2.91. The van der Waals surface area contributed by atoms with E-state index in [1.807, 2.05) is 13.8 Å². The zero-order chi connectivity index (χ0) is 15.4. The Morgan fingerprint density at radius 2 is 2.14 bits per heavy atom. The first-order valence-electron chi connectivity index (χ1n) is 6.67. The van der Waals surface area contributed by atoms with E-state index < -0.39 is 5.82 Å². The fraction of sp³-hybridized carbons (Fsp3) is 0.333. The molecule has 1 aromatic heterocycles. The molecule has 5 nitrogen and oxygen atoms in total. The van der Waals surface area contributed by atoms with Crippen LogP contribution in [0.25, 0.3) is 11.4 Å².